The number of carbonyl (C=O) groups excluding carboxylic acids is 3. The number of urea groups is 1. The van der Waals surface area contributed by atoms with Crippen molar-refractivity contribution in [1.29, 1.82) is 0 Å². The van der Waals surface area contributed by atoms with Crippen LogP contribution in [0.5, 0.6) is 0 Å². The van der Waals surface area contributed by atoms with Gasteiger partial charge in [-0.15, -0.1) is 0 Å². The molecule has 1 aliphatic heterocycles. The fourth-order valence-corrected chi connectivity index (χ4v) is 2.05. The number of imide groups is 2. The fraction of sp³-hybridized carbons (Fsp3) is 0.545. The van der Waals surface area contributed by atoms with E-state index < -0.39 is 23.3 Å². The SMILES string of the molecule is CC(C)CC1(C=CCBr)C(=O)NC(=O)NC1=O. The van der Waals surface area contributed by atoms with Gasteiger partial charge in [-0.2, -0.15) is 0 Å². The topological polar surface area (TPSA) is 75.3 Å². The van der Waals surface area contributed by atoms with Crippen molar-refractivity contribution < 1.29 is 14.4 Å². The first-order chi connectivity index (χ1) is 7.92. The molecule has 0 aromatic carbocycles. The zero-order valence-electron chi connectivity index (χ0n) is 9.75. The highest BCUT2D eigenvalue weighted by molar-refractivity contribution is 9.09. The number of rotatable bonds is 4. The van der Waals surface area contributed by atoms with Crippen LogP contribution in [0.1, 0.15) is 20.3 Å². The van der Waals surface area contributed by atoms with Crippen LogP contribution >= 0.6 is 15.9 Å². The maximum Gasteiger partial charge on any atom is 0.328 e. The maximum absolute atomic E-state index is 11.9. The summed E-state index contributed by atoms with van der Waals surface area (Å²) in [5.74, 6) is -0.964. The van der Waals surface area contributed by atoms with Gasteiger partial charge in [0, 0.05) is 5.33 Å². The summed E-state index contributed by atoms with van der Waals surface area (Å²) in [6.45, 7) is 3.83. The Kier molecular flexibility index (Phi) is 4.45. The van der Waals surface area contributed by atoms with Gasteiger partial charge in [0.25, 0.3) is 0 Å². The number of hydrogen-bond acceptors (Lipinski definition) is 3. The number of alkyl halides is 1. The molecule has 0 atom stereocenters. The molecule has 6 heteroatoms. The van der Waals surface area contributed by atoms with E-state index in [9.17, 15) is 14.4 Å². The smallest absolute Gasteiger partial charge is 0.277 e. The number of barbiturate groups is 1. The van der Waals surface area contributed by atoms with Gasteiger partial charge in [-0.05, 0) is 12.3 Å². The Bertz CT molecular complexity index is 357. The van der Waals surface area contributed by atoms with Crippen LogP contribution in [0.25, 0.3) is 0 Å². The van der Waals surface area contributed by atoms with Crippen molar-refractivity contribution in [3.8, 4) is 0 Å². The normalized spacial score (nSPS) is 19.6. The molecule has 2 N–H and O–H groups in total. The Morgan fingerprint density at radius 2 is 1.76 bits per heavy atom. The van der Waals surface area contributed by atoms with Crippen LogP contribution in [0.2, 0.25) is 0 Å². The average molecular weight is 303 g/mol. The van der Waals surface area contributed by atoms with E-state index in [4.69, 9.17) is 0 Å². The van der Waals surface area contributed by atoms with Crippen LogP contribution in [-0.2, 0) is 9.59 Å². The van der Waals surface area contributed by atoms with Crippen LogP contribution in [0.15, 0.2) is 12.2 Å². The summed E-state index contributed by atoms with van der Waals surface area (Å²) in [5, 5.41) is 4.82. The summed E-state index contributed by atoms with van der Waals surface area (Å²) in [5.41, 5.74) is -1.28. The number of carbonyl (C=O) groups is 3. The summed E-state index contributed by atoms with van der Waals surface area (Å²) in [6, 6.07) is -0.758. The lowest BCUT2D eigenvalue weighted by Crippen LogP contribution is -2.62. The minimum atomic E-state index is -1.28. The number of hydrogen-bond donors (Lipinski definition) is 2. The molecule has 17 heavy (non-hydrogen) atoms. The summed E-state index contributed by atoms with van der Waals surface area (Å²) in [6.07, 6.45) is 3.61. The van der Waals surface area contributed by atoms with Crippen LogP contribution < -0.4 is 10.6 Å². The molecule has 0 saturated carbocycles. The minimum Gasteiger partial charge on any atom is -0.277 e. The van der Waals surface area contributed by atoms with Gasteiger partial charge in [0.2, 0.25) is 11.8 Å². The van der Waals surface area contributed by atoms with Gasteiger partial charge in [0.1, 0.15) is 5.41 Å². The second kappa shape index (κ2) is 5.44. The van der Waals surface area contributed by atoms with Gasteiger partial charge in [0.15, 0.2) is 0 Å². The van der Waals surface area contributed by atoms with Crippen LogP contribution in [0.3, 0.4) is 0 Å². The van der Waals surface area contributed by atoms with Gasteiger partial charge < -0.3 is 0 Å². The quantitative estimate of drug-likeness (QED) is 0.467. The van der Waals surface area contributed by atoms with E-state index in [2.05, 4.69) is 26.6 Å². The molecule has 94 valence electrons. The largest absolute Gasteiger partial charge is 0.328 e. The van der Waals surface area contributed by atoms with E-state index in [1.54, 1.807) is 12.2 Å². The zero-order valence-corrected chi connectivity index (χ0v) is 11.3. The molecule has 0 aromatic rings. The molecule has 1 saturated heterocycles. The Hall–Kier alpha value is -1.17. The van der Waals surface area contributed by atoms with Gasteiger partial charge >= 0.3 is 6.03 Å². The molecule has 0 spiro atoms. The molecule has 0 unspecified atom stereocenters. The molecule has 1 rings (SSSR count). The Morgan fingerprint density at radius 3 is 2.18 bits per heavy atom. The monoisotopic (exact) mass is 302 g/mol. The highest BCUT2D eigenvalue weighted by Crippen LogP contribution is 2.31. The third-order valence-electron chi connectivity index (χ3n) is 2.49. The summed E-state index contributed by atoms with van der Waals surface area (Å²) >= 11 is 3.20. The van der Waals surface area contributed by atoms with Crippen LogP contribution in [0, 0.1) is 11.3 Å². The van der Waals surface area contributed by atoms with Crippen LogP contribution in [0.4, 0.5) is 4.79 Å². The molecule has 1 heterocycles. The van der Waals surface area contributed by atoms with Crippen molar-refractivity contribution in [1.82, 2.24) is 10.6 Å². The first kappa shape index (κ1) is 13.9. The molecular formula is C11H15BrN2O3. The Labute approximate surface area is 108 Å². The van der Waals surface area contributed by atoms with Crippen molar-refractivity contribution >= 4 is 33.8 Å². The predicted octanol–water partition coefficient (Wildman–Crippen LogP) is 1.34. The number of nitrogens with one attached hydrogen (secondary N) is 2. The number of amides is 4. The second-order valence-corrected chi connectivity index (χ2v) is 5.01. The van der Waals surface area contributed by atoms with E-state index in [-0.39, 0.29) is 5.92 Å². The second-order valence-electron chi connectivity index (χ2n) is 4.36. The number of halogens is 1. The van der Waals surface area contributed by atoms with Crippen molar-refractivity contribution in [3.05, 3.63) is 12.2 Å². The lowest BCUT2D eigenvalue weighted by atomic mass is 9.77. The van der Waals surface area contributed by atoms with Gasteiger partial charge in [-0.1, -0.05) is 41.9 Å². The lowest BCUT2D eigenvalue weighted by molar-refractivity contribution is -0.142. The van der Waals surface area contributed by atoms with Gasteiger partial charge in [-0.3, -0.25) is 20.2 Å². The molecule has 0 bridgehead atoms. The molecule has 0 radical (unpaired) electrons. The first-order valence-electron chi connectivity index (χ1n) is 5.33. The van der Waals surface area contributed by atoms with E-state index in [0.717, 1.165) is 0 Å². The van der Waals surface area contributed by atoms with Crippen LogP contribution in [-0.4, -0.2) is 23.2 Å². The highest BCUT2D eigenvalue weighted by atomic mass is 79.9. The molecule has 1 fully saturated rings. The third kappa shape index (κ3) is 2.94. The van der Waals surface area contributed by atoms with E-state index in [1.807, 2.05) is 13.8 Å². The Balaban J connectivity index is 3.10. The standard InChI is InChI=1S/C11H15BrN2O3/c1-7(2)6-11(4-3-5-12)8(15)13-10(17)14-9(11)16/h3-4,7H,5-6H2,1-2H3,(H2,13,14,15,16,17). The van der Waals surface area contributed by atoms with E-state index in [1.165, 1.54) is 0 Å². The zero-order chi connectivity index (χ0) is 13.1. The summed E-state index contributed by atoms with van der Waals surface area (Å²) in [4.78, 5) is 34.9. The number of allylic oxidation sites excluding steroid dienone is 1. The molecular weight excluding hydrogens is 288 g/mol. The van der Waals surface area contributed by atoms with E-state index in [0.29, 0.717) is 11.8 Å². The average Bonchev–Trinajstić information content (AvgIpc) is 2.21. The molecule has 0 aromatic heterocycles. The fourth-order valence-electron chi connectivity index (χ4n) is 1.86. The lowest BCUT2D eigenvalue weighted by Gasteiger charge is -2.32. The third-order valence-corrected chi connectivity index (χ3v) is 2.86. The Morgan fingerprint density at radius 1 is 1.24 bits per heavy atom. The van der Waals surface area contributed by atoms with Crippen molar-refractivity contribution in [2.45, 2.75) is 20.3 Å². The van der Waals surface area contributed by atoms with Gasteiger partial charge in [0.05, 0.1) is 0 Å². The van der Waals surface area contributed by atoms with Crippen molar-refractivity contribution in [2.75, 3.05) is 5.33 Å². The molecule has 0 aliphatic carbocycles. The summed E-state index contributed by atoms with van der Waals surface area (Å²) in [7, 11) is 0. The molecule has 5 nitrogen and oxygen atoms in total. The first-order valence-corrected chi connectivity index (χ1v) is 6.45. The maximum atomic E-state index is 11.9. The summed E-state index contributed by atoms with van der Waals surface area (Å²) < 4.78 is 0. The molecule has 1 aliphatic rings. The highest BCUT2D eigenvalue weighted by Gasteiger charge is 2.48. The molecule has 4 amide bonds. The van der Waals surface area contributed by atoms with E-state index >= 15 is 0 Å². The van der Waals surface area contributed by atoms with Crippen molar-refractivity contribution in [3.63, 3.8) is 0 Å². The van der Waals surface area contributed by atoms with Crippen molar-refractivity contribution in [2.24, 2.45) is 11.3 Å². The predicted molar refractivity (Wildman–Crippen MR) is 66.5 cm³/mol. The minimum absolute atomic E-state index is 0.152. The van der Waals surface area contributed by atoms with Gasteiger partial charge in [-0.25, -0.2) is 4.79 Å².